The average Bonchev–Trinajstić information content (AvgIpc) is 3.20. The number of halogens is 1. The molecule has 4 aromatic rings. The zero-order valence-corrected chi connectivity index (χ0v) is 18.1. The molecule has 1 heterocycles. The highest BCUT2D eigenvalue weighted by molar-refractivity contribution is 7.99. The summed E-state index contributed by atoms with van der Waals surface area (Å²) in [6, 6.07) is 25.5. The summed E-state index contributed by atoms with van der Waals surface area (Å²) >= 11 is 1.34. The molecule has 162 valence electrons. The van der Waals surface area contributed by atoms with Gasteiger partial charge in [-0.2, -0.15) is 0 Å². The minimum Gasteiger partial charge on any atom is -0.378 e. The topological polar surface area (TPSA) is 71.8 Å². The smallest absolute Gasteiger partial charge is 0.234 e. The number of thioether (sulfide) groups is 1. The van der Waals surface area contributed by atoms with Crippen LogP contribution in [0.2, 0.25) is 0 Å². The number of rotatable bonds is 9. The molecule has 0 fully saturated rings. The van der Waals surface area contributed by atoms with Gasteiger partial charge in [-0.3, -0.25) is 4.79 Å². The first-order valence-corrected chi connectivity index (χ1v) is 11.1. The van der Waals surface area contributed by atoms with Crippen molar-refractivity contribution in [3.63, 3.8) is 0 Å². The van der Waals surface area contributed by atoms with E-state index >= 15 is 0 Å². The lowest BCUT2D eigenvalue weighted by molar-refractivity contribution is -0.113. The van der Waals surface area contributed by atoms with Gasteiger partial charge in [0.2, 0.25) is 5.91 Å². The van der Waals surface area contributed by atoms with E-state index in [0.29, 0.717) is 18.2 Å². The van der Waals surface area contributed by atoms with Crippen molar-refractivity contribution in [2.24, 2.45) is 0 Å². The standard InChI is InChI=1S/C24H22FN5OS/c25-19-11-13-20(14-12-19)26-15-22-28-29-24(30(22)16-18-7-3-1-4-8-18)32-17-23(31)27-21-9-5-2-6-10-21/h1-14,26H,15-17H2,(H,27,31). The van der Waals surface area contributed by atoms with Crippen molar-refractivity contribution in [2.45, 2.75) is 18.2 Å². The van der Waals surface area contributed by atoms with E-state index in [1.165, 1.54) is 23.9 Å². The van der Waals surface area contributed by atoms with Crippen molar-refractivity contribution in [1.29, 1.82) is 0 Å². The van der Waals surface area contributed by atoms with Gasteiger partial charge < -0.3 is 15.2 Å². The summed E-state index contributed by atoms with van der Waals surface area (Å²) in [5, 5.41) is 15.4. The summed E-state index contributed by atoms with van der Waals surface area (Å²) in [4.78, 5) is 12.4. The molecule has 0 saturated heterocycles. The highest BCUT2D eigenvalue weighted by Crippen LogP contribution is 2.20. The molecule has 6 nitrogen and oxygen atoms in total. The van der Waals surface area contributed by atoms with Crippen LogP contribution < -0.4 is 10.6 Å². The van der Waals surface area contributed by atoms with Crippen molar-refractivity contribution < 1.29 is 9.18 Å². The SMILES string of the molecule is O=C(CSc1nnc(CNc2ccc(F)cc2)n1Cc1ccccc1)Nc1ccccc1. The second-order valence-corrected chi connectivity index (χ2v) is 7.98. The molecule has 4 rings (SSSR count). The fourth-order valence-corrected chi connectivity index (χ4v) is 3.84. The molecule has 0 atom stereocenters. The molecule has 0 bridgehead atoms. The lowest BCUT2D eigenvalue weighted by Gasteiger charge is -2.12. The second kappa shape index (κ2) is 10.6. The van der Waals surface area contributed by atoms with Gasteiger partial charge in [0.05, 0.1) is 18.8 Å². The number of carbonyl (C=O) groups excluding carboxylic acids is 1. The molecule has 0 aliphatic carbocycles. The van der Waals surface area contributed by atoms with Crippen LogP contribution >= 0.6 is 11.8 Å². The molecule has 0 spiro atoms. The molecule has 32 heavy (non-hydrogen) atoms. The molecular weight excluding hydrogens is 425 g/mol. The van der Waals surface area contributed by atoms with Gasteiger partial charge in [0.25, 0.3) is 0 Å². The Morgan fingerprint density at radius 3 is 2.28 bits per heavy atom. The summed E-state index contributed by atoms with van der Waals surface area (Å²) in [7, 11) is 0. The van der Waals surface area contributed by atoms with E-state index in [-0.39, 0.29) is 17.5 Å². The maximum absolute atomic E-state index is 13.2. The van der Waals surface area contributed by atoms with Gasteiger partial charge in [0.1, 0.15) is 5.82 Å². The van der Waals surface area contributed by atoms with Gasteiger partial charge in [-0.1, -0.05) is 60.3 Å². The van der Waals surface area contributed by atoms with Gasteiger partial charge in [0.15, 0.2) is 11.0 Å². The molecule has 0 unspecified atom stereocenters. The van der Waals surface area contributed by atoms with Crippen LogP contribution in [0.4, 0.5) is 15.8 Å². The Morgan fingerprint density at radius 2 is 1.56 bits per heavy atom. The van der Waals surface area contributed by atoms with Gasteiger partial charge in [0, 0.05) is 11.4 Å². The summed E-state index contributed by atoms with van der Waals surface area (Å²) in [6.07, 6.45) is 0. The fraction of sp³-hybridized carbons (Fsp3) is 0.125. The normalized spacial score (nSPS) is 10.7. The zero-order chi connectivity index (χ0) is 22.2. The number of aromatic nitrogens is 3. The molecule has 3 aromatic carbocycles. The summed E-state index contributed by atoms with van der Waals surface area (Å²) in [5.74, 6) is 0.550. The van der Waals surface area contributed by atoms with E-state index in [1.807, 2.05) is 65.2 Å². The Morgan fingerprint density at radius 1 is 0.875 bits per heavy atom. The van der Waals surface area contributed by atoms with Gasteiger partial charge in [-0.15, -0.1) is 10.2 Å². The Kier molecular flexibility index (Phi) is 7.14. The van der Waals surface area contributed by atoms with E-state index in [1.54, 1.807) is 12.1 Å². The zero-order valence-electron chi connectivity index (χ0n) is 17.2. The van der Waals surface area contributed by atoms with Gasteiger partial charge >= 0.3 is 0 Å². The maximum atomic E-state index is 13.2. The molecule has 0 aliphatic rings. The van der Waals surface area contributed by atoms with E-state index in [2.05, 4.69) is 20.8 Å². The maximum Gasteiger partial charge on any atom is 0.234 e. The third-order valence-electron chi connectivity index (χ3n) is 4.66. The third kappa shape index (κ3) is 5.95. The summed E-state index contributed by atoms with van der Waals surface area (Å²) in [5.41, 5.74) is 2.65. The number of amides is 1. The monoisotopic (exact) mass is 447 g/mol. The molecule has 1 amide bonds. The predicted molar refractivity (Wildman–Crippen MR) is 125 cm³/mol. The van der Waals surface area contributed by atoms with Crippen LogP contribution in [0.5, 0.6) is 0 Å². The first-order chi connectivity index (χ1) is 15.7. The Balaban J connectivity index is 1.46. The van der Waals surface area contributed by atoms with Gasteiger partial charge in [-0.25, -0.2) is 4.39 Å². The molecule has 2 N–H and O–H groups in total. The van der Waals surface area contributed by atoms with Crippen LogP contribution in [0.25, 0.3) is 0 Å². The lowest BCUT2D eigenvalue weighted by Crippen LogP contribution is -2.15. The van der Waals surface area contributed by atoms with E-state index in [9.17, 15) is 9.18 Å². The molecule has 8 heteroatoms. The van der Waals surface area contributed by atoms with E-state index in [4.69, 9.17) is 0 Å². The molecule has 0 saturated carbocycles. The van der Waals surface area contributed by atoms with Crippen molar-refractivity contribution >= 4 is 29.0 Å². The molecule has 0 radical (unpaired) electrons. The average molecular weight is 448 g/mol. The van der Waals surface area contributed by atoms with Crippen LogP contribution in [0.1, 0.15) is 11.4 Å². The van der Waals surface area contributed by atoms with Crippen LogP contribution in [0, 0.1) is 5.82 Å². The Labute approximate surface area is 189 Å². The number of nitrogens with zero attached hydrogens (tertiary/aromatic N) is 3. The second-order valence-electron chi connectivity index (χ2n) is 7.03. The van der Waals surface area contributed by atoms with Crippen molar-refractivity contribution in [3.8, 4) is 0 Å². The molecule has 1 aromatic heterocycles. The van der Waals surface area contributed by atoms with Crippen LogP contribution in [-0.2, 0) is 17.9 Å². The minimum atomic E-state index is -0.282. The number of hydrogen-bond donors (Lipinski definition) is 2. The van der Waals surface area contributed by atoms with Crippen LogP contribution in [-0.4, -0.2) is 26.4 Å². The molecular formula is C24H22FN5OS. The Bertz CT molecular complexity index is 1150. The lowest BCUT2D eigenvalue weighted by atomic mass is 10.2. The molecule has 0 aliphatic heterocycles. The van der Waals surface area contributed by atoms with E-state index < -0.39 is 0 Å². The number of carbonyl (C=O) groups is 1. The highest BCUT2D eigenvalue weighted by atomic mass is 32.2. The van der Waals surface area contributed by atoms with Crippen LogP contribution in [0.3, 0.4) is 0 Å². The minimum absolute atomic E-state index is 0.110. The summed E-state index contributed by atoms with van der Waals surface area (Å²) in [6.45, 7) is 0.999. The van der Waals surface area contributed by atoms with Crippen molar-refractivity contribution in [1.82, 2.24) is 14.8 Å². The third-order valence-corrected chi connectivity index (χ3v) is 5.63. The first-order valence-electron chi connectivity index (χ1n) is 10.1. The quantitative estimate of drug-likeness (QED) is 0.360. The summed E-state index contributed by atoms with van der Waals surface area (Å²) < 4.78 is 15.2. The van der Waals surface area contributed by atoms with Crippen LogP contribution in [0.15, 0.2) is 90.1 Å². The number of nitrogens with one attached hydrogen (secondary N) is 2. The van der Waals surface area contributed by atoms with Gasteiger partial charge in [-0.05, 0) is 42.0 Å². The largest absolute Gasteiger partial charge is 0.378 e. The van der Waals surface area contributed by atoms with E-state index in [0.717, 1.165) is 22.8 Å². The predicted octanol–water partition coefficient (Wildman–Crippen LogP) is 4.81. The number of para-hydroxylation sites is 1. The highest BCUT2D eigenvalue weighted by Gasteiger charge is 2.15. The first kappa shape index (κ1) is 21.6. The van der Waals surface area contributed by atoms with Crippen molar-refractivity contribution in [3.05, 3.63) is 102 Å². The Hall–Kier alpha value is -3.65. The fourth-order valence-electron chi connectivity index (χ4n) is 3.08. The number of hydrogen-bond acceptors (Lipinski definition) is 5. The van der Waals surface area contributed by atoms with Crippen molar-refractivity contribution in [2.75, 3.05) is 16.4 Å². The number of benzene rings is 3. The number of anilines is 2.